The van der Waals surface area contributed by atoms with E-state index in [-0.39, 0.29) is 5.41 Å². The van der Waals surface area contributed by atoms with Gasteiger partial charge in [0.1, 0.15) is 0 Å². The first-order chi connectivity index (χ1) is 10.7. The molecule has 1 saturated carbocycles. The van der Waals surface area contributed by atoms with Gasteiger partial charge in [0.05, 0.1) is 36.3 Å². The molecule has 1 aromatic carbocycles. The summed E-state index contributed by atoms with van der Waals surface area (Å²) in [5.74, 6) is 0.450. The van der Waals surface area contributed by atoms with E-state index in [1.54, 1.807) is 0 Å². The SMILES string of the molecule is CC1(c2c(-c3ccccc3)ncn2C2CC(CO)C2)COC1. The summed E-state index contributed by atoms with van der Waals surface area (Å²) in [7, 11) is 0. The van der Waals surface area contributed by atoms with Crippen molar-refractivity contribution < 1.29 is 9.84 Å². The molecule has 0 spiro atoms. The van der Waals surface area contributed by atoms with Crippen LogP contribution in [0, 0.1) is 5.92 Å². The third-order valence-corrected chi connectivity index (χ3v) is 5.12. The molecule has 1 saturated heterocycles. The summed E-state index contributed by atoms with van der Waals surface area (Å²) in [6, 6.07) is 10.9. The summed E-state index contributed by atoms with van der Waals surface area (Å²) < 4.78 is 7.84. The van der Waals surface area contributed by atoms with Crippen LogP contribution in [-0.2, 0) is 10.2 Å². The molecule has 1 aromatic heterocycles. The Bertz CT molecular complexity index is 655. The van der Waals surface area contributed by atoms with E-state index in [1.807, 2.05) is 12.4 Å². The van der Waals surface area contributed by atoms with Crippen LogP contribution in [0.4, 0.5) is 0 Å². The normalized spacial score (nSPS) is 26.3. The van der Waals surface area contributed by atoms with Crippen molar-refractivity contribution in [1.29, 1.82) is 0 Å². The van der Waals surface area contributed by atoms with E-state index < -0.39 is 0 Å². The summed E-state index contributed by atoms with van der Waals surface area (Å²) in [5, 5.41) is 9.28. The lowest BCUT2D eigenvalue weighted by molar-refractivity contribution is -0.0552. The van der Waals surface area contributed by atoms with Crippen molar-refractivity contribution in [2.24, 2.45) is 5.92 Å². The number of aliphatic hydroxyl groups excluding tert-OH is 1. The molecule has 2 fully saturated rings. The van der Waals surface area contributed by atoms with E-state index in [2.05, 4.69) is 35.8 Å². The molecule has 1 aliphatic carbocycles. The molecule has 0 bridgehead atoms. The van der Waals surface area contributed by atoms with Crippen molar-refractivity contribution in [3.8, 4) is 11.3 Å². The van der Waals surface area contributed by atoms with Gasteiger partial charge in [0, 0.05) is 18.2 Å². The average molecular weight is 298 g/mol. The first kappa shape index (κ1) is 14.0. The van der Waals surface area contributed by atoms with Gasteiger partial charge in [-0.3, -0.25) is 0 Å². The minimum atomic E-state index is 0.0476. The molecule has 4 rings (SSSR count). The maximum Gasteiger partial charge on any atom is 0.0958 e. The van der Waals surface area contributed by atoms with Crippen LogP contribution in [0.3, 0.4) is 0 Å². The molecule has 4 heteroatoms. The molecule has 1 aliphatic heterocycles. The quantitative estimate of drug-likeness (QED) is 0.944. The van der Waals surface area contributed by atoms with Gasteiger partial charge in [-0.1, -0.05) is 30.3 Å². The van der Waals surface area contributed by atoms with Gasteiger partial charge in [-0.2, -0.15) is 0 Å². The molecule has 2 heterocycles. The van der Waals surface area contributed by atoms with E-state index in [0.29, 0.717) is 18.6 Å². The minimum absolute atomic E-state index is 0.0476. The van der Waals surface area contributed by atoms with Crippen LogP contribution in [0.1, 0.15) is 31.5 Å². The third kappa shape index (κ3) is 2.09. The number of ether oxygens (including phenoxy) is 1. The fraction of sp³-hybridized carbons (Fsp3) is 0.500. The monoisotopic (exact) mass is 298 g/mol. The van der Waals surface area contributed by atoms with Crippen molar-refractivity contribution in [3.05, 3.63) is 42.4 Å². The van der Waals surface area contributed by atoms with Crippen LogP contribution in [0.2, 0.25) is 0 Å². The van der Waals surface area contributed by atoms with Crippen LogP contribution in [0.15, 0.2) is 36.7 Å². The molecule has 0 amide bonds. The molecule has 22 heavy (non-hydrogen) atoms. The molecular formula is C18H22N2O2. The molecule has 1 N–H and O–H groups in total. The van der Waals surface area contributed by atoms with Gasteiger partial charge >= 0.3 is 0 Å². The van der Waals surface area contributed by atoms with Crippen molar-refractivity contribution >= 4 is 0 Å². The second-order valence-corrected chi connectivity index (χ2v) is 6.94. The summed E-state index contributed by atoms with van der Waals surface area (Å²) in [6.45, 7) is 4.08. The Hall–Kier alpha value is -1.65. The summed E-state index contributed by atoms with van der Waals surface area (Å²) in [5.41, 5.74) is 3.60. The third-order valence-electron chi connectivity index (χ3n) is 5.12. The predicted octanol–water partition coefficient (Wildman–Crippen LogP) is 2.78. The van der Waals surface area contributed by atoms with Crippen LogP contribution in [0.5, 0.6) is 0 Å². The molecule has 4 nitrogen and oxygen atoms in total. The standard InChI is InChI=1S/C18H22N2O2/c1-18(10-22-11-18)17-16(14-5-3-2-4-6-14)19-12-20(17)15-7-13(8-15)9-21/h2-6,12-13,15,21H,7-11H2,1H3. The number of nitrogens with zero attached hydrogens (tertiary/aromatic N) is 2. The minimum Gasteiger partial charge on any atom is -0.396 e. The lowest BCUT2D eigenvalue weighted by Gasteiger charge is -2.43. The largest absolute Gasteiger partial charge is 0.396 e. The smallest absolute Gasteiger partial charge is 0.0958 e. The lowest BCUT2D eigenvalue weighted by Crippen LogP contribution is -2.46. The highest BCUT2D eigenvalue weighted by Gasteiger charge is 2.43. The van der Waals surface area contributed by atoms with Gasteiger partial charge < -0.3 is 14.4 Å². The fourth-order valence-corrected chi connectivity index (χ4v) is 3.66. The van der Waals surface area contributed by atoms with E-state index in [4.69, 9.17) is 9.72 Å². The van der Waals surface area contributed by atoms with Crippen LogP contribution in [-0.4, -0.2) is 34.5 Å². The van der Waals surface area contributed by atoms with Gasteiger partial charge in [-0.05, 0) is 25.7 Å². The van der Waals surface area contributed by atoms with Crippen LogP contribution < -0.4 is 0 Å². The van der Waals surface area contributed by atoms with E-state index in [1.165, 1.54) is 11.3 Å². The highest BCUT2D eigenvalue weighted by Crippen LogP contribution is 2.44. The summed E-state index contributed by atoms with van der Waals surface area (Å²) in [6.07, 6.45) is 4.08. The van der Waals surface area contributed by atoms with Gasteiger partial charge in [0.15, 0.2) is 0 Å². The Morgan fingerprint density at radius 3 is 2.59 bits per heavy atom. The molecular weight excluding hydrogens is 276 g/mol. The average Bonchev–Trinajstić information content (AvgIpc) is 2.89. The zero-order valence-electron chi connectivity index (χ0n) is 12.9. The van der Waals surface area contributed by atoms with Crippen molar-refractivity contribution in [2.75, 3.05) is 19.8 Å². The Labute approximate surface area is 130 Å². The summed E-state index contributed by atoms with van der Waals surface area (Å²) in [4.78, 5) is 4.73. The number of rotatable bonds is 4. The fourth-order valence-electron chi connectivity index (χ4n) is 3.66. The first-order valence-electron chi connectivity index (χ1n) is 8.02. The van der Waals surface area contributed by atoms with Crippen LogP contribution >= 0.6 is 0 Å². The van der Waals surface area contributed by atoms with Crippen LogP contribution in [0.25, 0.3) is 11.3 Å². The summed E-state index contributed by atoms with van der Waals surface area (Å²) >= 11 is 0. The topological polar surface area (TPSA) is 47.3 Å². The highest BCUT2D eigenvalue weighted by atomic mass is 16.5. The van der Waals surface area contributed by atoms with Gasteiger partial charge in [0.2, 0.25) is 0 Å². The zero-order valence-corrected chi connectivity index (χ0v) is 12.9. The van der Waals surface area contributed by atoms with Crippen molar-refractivity contribution in [3.63, 3.8) is 0 Å². The molecule has 0 atom stereocenters. The molecule has 0 radical (unpaired) electrons. The first-order valence-corrected chi connectivity index (χ1v) is 8.02. The molecule has 0 unspecified atom stereocenters. The maximum atomic E-state index is 9.28. The van der Waals surface area contributed by atoms with E-state index >= 15 is 0 Å². The van der Waals surface area contributed by atoms with Gasteiger partial charge in [0.25, 0.3) is 0 Å². The number of aromatic nitrogens is 2. The zero-order chi connectivity index (χ0) is 15.2. The molecule has 2 aromatic rings. The lowest BCUT2D eigenvalue weighted by atomic mass is 9.78. The van der Waals surface area contributed by atoms with Gasteiger partial charge in [-0.15, -0.1) is 0 Å². The predicted molar refractivity (Wildman–Crippen MR) is 84.7 cm³/mol. The number of benzene rings is 1. The number of hydrogen-bond donors (Lipinski definition) is 1. The maximum absolute atomic E-state index is 9.28. The molecule has 2 aliphatic rings. The van der Waals surface area contributed by atoms with E-state index in [9.17, 15) is 5.11 Å². The Morgan fingerprint density at radius 2 is 2.00 bits per heavy atom. The van der Waals surface area contributed by atoms with Crippen molar-refractivity contribution in [2.45, 2.75) is 31.2 Å². The number of aliphatic hydroxyl groups is 1. The highest BCUT2D eigenvalue weighted by molar-refractivity contribution is 5.63. The Kier molecular flexibility index (Phi) is 3.31. The second kappa shape index (κ2) is 5.21. The Balaban J connectivity index is 1.75. The second-order valence-electron chi connectivity index (χ2n) is 6.94. The van der Waals surface area contributed by atoms with Gasteiger partial charge in [-0.25, -0.2) is 4.98 Å². The number of imidazole rings is 1. The van der Waals surface area contributed by atoms with Crippen molar-refractivity contribution in [1.82, 2.24) is 9.55 Å². The Morgan fingerprint density at radius 1 is 1.27 bits per heavy atom. The number of hydrogen-bond acceptors (Lipinski definition) is 3. The molecule has 116 valence electrons. The van der Waals surface area contributed by atoms with E-state index in [0.717, 1.165) is 31.7 Å².